The number of carbonyl (C=O) groups is 1. The molecule has 1 N–H and O–H groups in total. The fourth-order valence-corrected chi connectivity index (χ4v) is 2.74. The number of nitrogens with zero attached hydrogens (tertiary/aromatic N) is 1. The second kappa shape index (κ2) is 8.88. The Morgan fingerprint density at radius 2 is 1.59 bits per heavy atom. The highest BCUT2D eigenvalue weighted by Crippen LogP contribution is 2.29. The second-order valence-corrected chi connectivity index (χ2v) is 6.28. The molecule has 0 aromatic heterocycles. The molecule has 0 fully saturated rings. The Bertz CT molecular complexity index is 1000. The van der Waals surface area contributed by atoms with E-state index in [-0.39, 0.29) is 11.4 Å². The predicted molar refractivity (Wildman–Crippen MR) is 110 cm³/mol. The lowest BCUT2D eigenvalue weighted by Crippen LogP contribution is -2.30. The average molecular weight is 392 g/mol. The van der Waals surface area contributed by atoms with Crippen LogP contribution in [-0.2, 0) is 4.79 Å². The molecule has 148 valence electrons. The molecule has 0 saturated carbocycles. The molecule has 7 heteroatoms. The van der Waals surface area contributed by atoms with E-state index < -0.39 is 16.9 Å². The first-order chi connectivity index (χ1) is 14.0. The summed E-state index contributed by atoms with van der Waals surface area (Å²) in [6.45, 7) is 1.58. The Morgan fingerprint density at radius 1 is 0.966 bits per heavy atom. The van der Waals surface area contributed by atoms with Gasteiger partial charge in [-0.25, -0.2) is 0 Å². The van der Waals surface area contributed by atoms with Gasteiger partial charge in [0.05, 0.1) is 18.1 Å². The van der Waals surface area contributed by atoms with Gasteiger partial charge in [-0.1, -0.05) is 42.5 Å². The molecule has 3 rings (SSSR count). The molecule has 0 heterocycles. The Morgan fingerprint density at radius 3 is 2.21 bits per heavy atom. The molecule has 29 heavy (non-hydrogen) atoms. The zero-order valence-corrected chi connectivity index (χ0v) is 16.0. The molecule has 0 aliphatic rings. The van der Waals surface area contributed by atoms with E-state index >= 15 is 0 Å². The van der Waals surface area contributed by atoms with E-state index in [1.54, 1.807) is 19.1 Å². The normalized spacial score (nSPS) is 11.4. The molecule has 0 aliphatic carbocycles. The summed E-state index contributed by atoms with van der Waals surface area (Å²) in [6, 6.07) is 21.5. The predicted octanol–water partition coefficient (Wildman–Crippen LogP) is 4.68. The molecule has 1 atom stereocenters. The van der Waals surface area contributed by atoms with Gasteiger partial charge in [-0.2, -0.15) is 0 Å². The summed E-state index contributed by atoms with van der Waals surface area (Å²) in [6.07, 6.45) is -0.848. The summed E-state index contributed by atoms with van der Waals surface area (Å²) >= 11 is 0. The molecular weight excluding hydrogens is 372 g/mol. The molecule has 0 radical (unpaired) electrons. The van der Waals surface area contributed by atoms with Crippen molar-refractivity contribution in [3.63, 3.8) is 0 Å². The van der Waals surface area contributed by atoms with Crippen molar-refractivity contribution in [2.24, 2.45) is 0 Å². The minimum absolute atomic E-state index is 0.0793. The summed E-state index contributed by atoms with van der Waals surface area (Å²) in [5, 5.41) is 13.8. The van der Waals surface area contributed by atoms with Gasteiger partial charge < -0.3 is 14.8 Å². The minimum atomic E-state index is -0.848. The maximum atomic E-state index is 12.4. The average Bonchev–Trinajstić information content (AvgIpc) is 2.75. The summed E-state index contributed by atoms with van der Waals surface area (Å²) in [7, 11) is 1.41. The van der Waals surface area contributed by atoms with E-state index in [2.05, 4.69) is 5.32 Å². The van der Waals surface area contributed by atoms with E-state index in [1.807, 2.05) is 42.5 Å². The van der Waals surface area contributed by atoms with Gasteiger partial charge in [-0.3, -0.25) is 14.9 Å². The summed E-state index contributed by atoms with van der Waals surface area (Å²) in [4.78, 5) is 23.1. The Labute approximate surface area is 168 Å². The van der Waals surface area contributed by atoms with Crippen molar-refractivity contribution in [3.8, 4) is 22.6 Å². The summed E-state index contributed by atoms with van der Waals surface area (Å²) < 4.78 is 10.7. The van der Waals surface area contributed by atoms with Crippen LogP contribution in [0.2, 0.25) is 0 Å². The first kappa shape index (κ1) is 19.9. The maximum Gasteiger partial charge on any atom is 0.296 e. The Balaban J connectivity index is 1.67. The third kappa shape index (κ3) is 4.90. The molecule has 0 bridgehead atoms. The van der Waals surface area contributed by atoms with E-state index in [0.29, 0.717) is 11.5 Å². The van der Waals surface area contributed by atoms with Crippen LogP contribution in [0.3, 0.4) is 0 Å². The number of methoxy groups -OCH3 is 1. The second-order valence-electron chi connectivity index (χ2n) is 6.28. The van der Waals surface area contributed by atoms with Gasteiger partial charge in [0.25, 0.3) is 11.6 Å². The van der Waals surface area contributed by atoms with Gasteiger partial charge in [0.15, 0.2) is 6.10 Å². The van der Waals surface area contributed by atoms with Crippen LogP contribution < -0.4 is 14.8 Å². The number of nitro benzene ring substituents is 1. The van der Waals surface area contributed by atoms with Gasteiger partial charge in [0, 0.05) is 0 Å². The largest absolute Gasteiger partial charge is 0.496 e. The zero-order chi connectivity index (χ0) is 20.8. The Kier molecular flexibility index (Phi) is 6.09. The highest BCUT2D eigenvalue weighted by Gasteiger charge is 2.21. The van der Waals surface area contributed by atoms with Crippen molar-refractivity contribution in [1.82, 2.24) is 0 Å². The standard InChI is InChI=1S/C22H20N2O5/c1-15(22(25)23-20-13-12-19(28-2)14-21(20)24(26)27)29-18-10-8-17(9-11-18)16-6-4-3-5-7-16/h3-15H,1-2H3,(H,23,25). The van der Waals surface area contributed by atoms with Crippen molar-refractivity contribution >= 4 is 17.3 Å². The van der Waals surface area contributed by atoms with Gasteiger partial charge in [-0.15, -0.1) is 0 Å². The SMILES string of the molecule is COc1ccc(NC(=O)C(C)Oc2ccc(-c3ccccc3)cc2)c([N+](=O)[O-])c1. The number of nitro groups is 1. The first-order valence-corrected chi connectivity index (χ1v) is 8.93. The molecule has 0 aliphatic heterocycles. The third-order valence-corrected chi connectivity index (χ3v) is 4.30. The van der Waals surface area contributed by atoms with Crippen LogP contribution in [0.1, 0.15) is 6.92 Å². The van der Waals surface area contributed by atoms with Gasteiger partial charge in [0.1, 0.15) is 17.2 Å². The van der Waals surface area contributed by atoms with Crippen molar-refractivity contribution in [2.75, 3.05) is 12.4 Å². The number of nitrogens with one attached hydrogen (secondary N) is 1. The van der Waals surface area contributed by atoms with Crippen LogP contribution in [0.25, 0.3) is 11.1 Å². The van der Waals surface area contributed by atoms with Crippen LogP contribution in [0.5, 0.6) is 11.5 Å². The maximum absolute atomic E-state index is 12.4. The molecule has 1 unspecified atom stereocenters. The lowest BCUT2D eigenvalue weighted by atomic mass is 10.1. The monoisotopic (exact) mass is 392 g/mol. The van der Waals surface area contributed by atoms with Crippen molar-refractivity contribution < 1.29 is 19.2 Å². The van der Waals surface area contributed by atoms with Crippen molar-refractivity contribution in [1.29, 1.82) is 0 Å². The smallest absolute Gasteiger partial charge is 0.296 e. The Hall–Kier alpha value is -3.87. The van der Waals surface area contributed by atoms with Gasteiger partial charge >= 0.3 is 0 Å². The van der Waals surface area contributed by atoms with Crippen LogP contribution in [0.4, 0.5) is 11.4 Å². The number of hydrogen-bond acceptors (Lipinski definition) is 5. The van der Waals surface area contributed by atoms with E-state index in [0.717, 1.165) is 11.1 Å². The number of hydrogen-bond donors (Lipinski definition) is 1. The molecule has 3 aromatic carbocycles. The molecule has 7 nitrogen and oxygen atoms in total. The van der Waals surface area contributed by atoms with Crippen LogP contribution in [0.15, 0.2) is 72.8 Å². The highest BCUT2D eigenvalue weighted by atomic mass is 16.6. The highest BCUT2D eigenvalue weighted by molar-refractivity contribution is 5.96. The lowest BCUT2D eigenvalue weighted by Gasteiger charge is -2.15. The molecule has 1 amide bonds. The molecule has 3 aromatic rings. The van der Waals surface area contributed by atoms with E-state index in [9.17, 15) is 14.9 Å². The first-order valence-electron chi connectivity index (χ1n) is 8.93. The summed E-state index contributed by atoms with van der Waals surface area (Å²) in [5.74, 6) is 0.361. The fourth-order valence-electron chi connectivity index (χ4n) is 2.74. The van der Waals surface area contributed by atoms with E-state index in [1.165, 1.54) is 25.3 Å². The lowest BCUT2D eigenvalue weighted by molar-refractivity contribution is -0.384. The number of rotatable bonds is 7. The van der Waals surface area contributed by atoms with E-state index in [4.69, 9.17) is 9.47 Å². The van der Waals surface area contributed by atoms with Crippen LogP contribution >= 0.6 is 0 Å². The van der Waals surface area contributed by atoms with Gasteiger partial charge in [0.2, 0.25) is 0 Å². The summed E-state index contributed by atoms with van der Waals surface area (Å²) in [5.41, 5.74) is 1.94. The number of ether oxygens (including phenoxy) is 2. The number of carbonyl (C=O) groups excluding carboxylic acids is 1. The number of benzene rings is 3. The van der Waals surface area contributed by atoms with Crippen LogP contribution in [0, 0.1) is 10.1 Å². The van der Waals surface area contributed by atoms with Crippen molar-refractivity contribution in [2.45, 2.75) is 13.0 Å². The minimum Gasteiger partial charge on any atom is -0.496 e. The number of amides is 1. The van der Waals surface area contributed by atoms with Gasteiger partial charge in [-0.05, 0) is 42.3 Å². The molecule has 0 saturated heterocycles. The third-order valence-electron chi connectivity index (χ3n) is 4.30. The quantitative estimate of drug-likeness (QED) is 0.466. The topological polar surface area (TPSA) is 90.7 Å². The number of anilines is 1. The molecular formula is C22H20N2O5. The molecule has 0 spiro atoms. The fraction of sp³-hybridized carbons (Fsp3) is 0.136. The zero-order valence-electron chi connectivity index (χ0n) is 16.0. The van der Waals surface area contributed by atoms with Crippen molar-refractivity contribution in [3.05, 3.63) is 82.9 Å². The van der Waals surface area contributed by atoms with Crippen LogP contribution in [-0.4, -0.2) is 24.0 Å².